The summed E-state index contributed by atoms with van der Waals surface area (Å²) in [4.78, 5) is 30.9. The Morgan fingerprint density at radius 2 is 2.11 bits per heavy atom. The lowest BCUT2D eigenvalue weighted by Gasteiger charge is -2.10. The van der Waals surface area contributed by atoms with Crippen molar-refractivity contribution in [2.75, 3.05) is 0 Å². The van der Waals surface area contributed by atoms with E-state index in [9.17, 15) is 9.59 Å². The van der Waals surface area contributed by atoms with Crippen molar-refractivity contribution in [2.45, 2.75) is 32.3 Å². The number of benzene rings is 1. The van der Waals surface area contributed by atoms with Gasteiger partial charge in [-0.05, 0) is 43.4 Å². The van der Waals surface area contributed by atoms with Crippen LogP contribution in [0.15, 0.2) is 41.2 Å². The van der Waals surface area contributed by atoms with E-state index < -0.39 is 5.97 Å². The van der Waals surface area contributed by atoms with E-state index >= 15 is 0 Å². The molecule has 0 radical (unpaired) electrons. The number of fused-ring (bicyclic) bond motifs is 3. The number of esters is 1. The summed E-state index contributed by atoms with van der Waals surface area (Å²) >= 11 is 7.60. The molecular weight excluding hydrogens is 384 g/mol. The van der Waals surface area contributed by atoms with Gasteiger partial charge in [0, 0.05) is 27.7 Å². The molecule has 0 N–H and O–H groups in total. The van der Waals surface area contributed by atoms with E-state index in [0.717, 1.165) is 36.9 Å². The minimum Gasteiger partial charge on any atom is -0.456 e. The predicted octanol–water partition coefficient (Wildman–Crippen LogP) is 4.04. The maximum atomic E-state index is 12.5. The Morgan fingerprint density at radius 1 is 1.30 bits per heavy atom. The molecule has 3 aromatic rings. The molecule has 0 amide bonds. The van der Waals surface area contributed by atoms with Crippen molar-refractivity contribution in [3.05, 3.63) is 73.6 Å². The third-order valence-electron chi connectivity index (χ3n) is 4.48. The fourth-order valence-electron chi connectivity index (χ4n) is 3.18. The molecule has 2 aromatic heterocycles. The van der Waals surface area contributed by atoms with Crippen molar-refractivity contribution < 1.29 is 9.53 Å². The van der Waals surface area contributed by atoms with E-state index in [1.165, 1.54) is 17.0 Å². The molecule has 0 fully saturated rings. The van der Waals surface area contributed by atoms with Gasteiger partial charge >= 0.3 is 5.97 Å². The summed E-state index contributed by atoms with van der Waals surface area (Å²) in [5, 5.41) is 0.559. The number of hydrogen-bond donors (Lipinski definition) is 0. The average molecular weight is 401 g/mol. The summed E-state index contributed by atoms with van der Waals surface area (Å²) in [7, 11) is 0. The molecule has 2 heterocycles. The number of aromatic nitrogens is 2. The topological polar surface area (TPSA) is 60.7 Å². The number of nitrogens with zero attached hydrogens (tertiary/aromatic N) is 2. The quantitative estimate of drug-likeness (QED) is 0.489. The van der Waals surface area contributed by atoms with Crippen LogP contribution in [0.2, 0.25) is 5.02 Å². The molecular formula is C20H17ClN2O3S. The lowest BCUT2D eigenvalue weighted by molar-refractivity contribution is -0.139. The molecule has 138 valence electrons. The fraction of sp³-hybridized carbons (Fsp3) is 0.250. The van der Waals surface area contributed by atoms with Gasteiger partial charge in [-0.1, -0.05) is 29.8 Å². The molecule has 5 nitrogen and oxygen atoms in total. The van der Waals surface area contributed by atoms with Crippen LogP contribution in [0.3, 0.4) is 0 Å². The number of halogens is 1. The maximum Gasteiger partial charge on any atom is 0.331 e. The average Bonchev–Trinajstić information content (AvgIpc) is 3.04. The molecule has 0 aliphatic heterocycles. The zero-order chi connectivity index (χ0) is 18.8. The molecule has 0 saturated carbocycles. The van der Waals surface area contributed by atoms with E-state index in [1.807, 2.05) is 12.1 Å². The Kier molecular flexibility index (Phi) is 5.09. The van der Waals surface area contributed by atoms with E-state index in [0.29, 0.717) is 15.7 Å². The largest absolute Gasteiger partial charge is 0.456 e. The van der Waals surface area contributed by atoms with Gasteiger partial charge in [0.1, 0.15) is 6.61 Å². The Bertz CT molecular complexity index is 1100. The number of rotatable bonds is 4. The van der Waals surface area contributed by atoms with Crippen LogP contribution < -0.4 is 5.56 Å². The first-order chi connectivity index (χ1) is 13.1. The van der Waals surface area contributed by atoms with Crippen LogP contribution in [-0.2, 0) is 29.0 Å². The highest BCUT2D eigenvalue weighted by molar-refractivity contribution is 7.17. The summed E-state index contributed by atoms with van der Waals surface area (Å²) in [6.07, 6.45) is 7.08. The van der Waals surface area contributed by atoms with Gasteiger partial charge in [-0.3, -0.25) is 9.20 Å². The Labute approximate surface area is 164 Å². The van der Waals surface area contributed by atoms with Crippen molar-refractivity contribution in [3.63, 3.8) is 0 Å². The number of carbonyl (C=O) groups is 1. The summed E-state index contributed by atoms with van der Waals surface area (Å²) in [6.45, 7) is -0.0417. The molecule has 0 spiro atoms. The van der Waals surface area contributed by atoms with Crippen molar-refractivity contribution in [3.8, 4) is 0 Å². The van der Waals surface area contributed by atoms with Crippen LogP contribution in [0.5, 0.6) is 0 Å². The van der Waals surface area contributed by atoms with Gasteiger partial charge in [0.15, 0.2) is 4.96 Å². The maximum absolute atomic E-state index is 12.5. The molecule has 0 unspecified atom stereocenters. The lowest BCUT2D eigenvalue weighted by Crippen LogP contribution is -2.18. The van der Waals surface area contributed by atoms with E-state index in [4.69, 9.17) is 16.3 Å². The van der Waals surface area contributed by atoms with Crippen molar-refractivity contribution in [1.29, 1.82) is 0 Å². The summed E-state index contributed by atoms with van der Waals surface area (Å²) < 4.78 is 6.92. The van der Waals surface area contributed by atoms with E-state index in [1.54, 1.807) is 33.9 Å². The normalized spacial score (nSPS) is 13.8. The zero-order valence-corrected chi connectivity index (χ0v) is 16.1. The molecule has 1 aromatic carbocycles. The zero-order valence-electron chi connectivity index (χ0n) is 14.5. The highest BCUT2D eigenvalue weighted by Crippen LogP contribution is 2.28. The van der Waals surface area contributed by atoms with Crippen LogP contribution in [0.4, 0.5) is 0 Å². The first-order valence-corrected chi connectivity index (χ1v) is 9.94. The third kappa shape index (κ3) is 3.82. The van der Waals surface area contributed by atoms with E-state index in [-0.39, 0.29) is 12.2 Å². The second-order valence-corrected chi connectivity index (χ2v) is 7.81. The minimum absolute atomic E-state index is 0.0417. The van der Waals surface area contributed by atoms with Gasteiger partial charge in [-0.2, -0.15) is 0 Å². The van der Waals surface area contributed by atoms with Gasteiger partial charge in [-0.25, -0.2) is 9.78 Å². The summed E-state index contributed by atoms with van der Waals surface area (Å²) in [5.41, 5.74) is 2.16. The van der Waals surface area contributed by atoms with Gasteiger partial charge in [0.05, 0.1) is 5.69 Å². The smallest absolute Gasteiger partial charge is 0.331 e. The molecule has 4 rings (SSSR count). The standard InChI is InChI=1S/C20H17ClN2O3S/c21-15-6-2-1-5-13(15)9-10-19(25)26-12-14-11-18(24)23-16-7-3-4-8-17(16)27-20(23)22-14/h1-2,5-6,9-11H,3-4,7-8,12H2/b10-9+. The van der Waals surface area contributed by atoms with Crippen molar-refractivity contribution in [2.24, 2.45) is 0 Å². The fourth-order valence-corrected chi connectivity index (χ4v) is 4.61. The molecule has 0 saturated heterocycles. The second kappa shape index (κ2) is 7.66. The third-order valence-corrected chi connectivity index (χ3v) is 5.97. The number of carbonyl (C=O) groups excluding carboxylic acids is 1. The molecule has 0 atom stereocenters. The van der Waals surface area contributed by atoms with Crippen molar-refractivity contribution >= 4 is 39.9 Å². The van der Waals surface area contributed by atoms with Crippen LogP contribution >= 0.6 is 22.9 Å². The Morgan fingerprint density at radius 3 is 2.96 bits per heavy atom. The number of hydrogen-bond acceptors (Lipinski definition) is 5. The van der Waals surface area contributed by atoms with Crippen LogP contribution in [0, 0.1) is 0 Å². The van der Waals surface area contributed by atoms with Crippen molar-refractivity contribution in [1.82, 2.24) is 9.38 Å². The van der Waals surface area contributed by atoms with Gasteiger partial charge < -0.3 is 4.74 Å². The highest BCUT2D eigenvalue weighted by atomic mass is 35.5. The molecule has 1 aliphatic carbocycles. The number of thiazole rings is 1. The van der Waals surface area contributed by atoms with Gasteiger partial charge in [0.25, 0.3) is 5.56 Å². The van der Waals surface area contributed by atoms with Crippen LogP contribution in [0.1, 0.15) is 34.7 Å². The first-order valence-electron chi connectivity index (χ1n) is 8.74. The van der Waals surface area contributed by atoms with E-state index in [2.05, 4.69) is 4.98 Å². The predicted molar refractivity (Wildman–Crippen MR) is 106 cm³/mol. The van der Waals surface area contributed by atoms with Gasteiger partial charge in [-0.15, -0.1) is 11.3 Å². The molecule has 7 heteroatoms. The van der Waals surface area contributed by atoms with Gasteiger partial charge in [0.2, 0.25) is 0 Å². The molecule has 1 aliphatic rings. The highest BCUT2D eigenvalue weighted by Gasteiger charge is 2.18. The molecule has 27 heavy (non-hydrogen) atoms. The summed E-state index contributed by atoms with van der Waals surface area (Å²) in [6, 6.07) is 8.66. The Balaban J connectivity index is 1.48. The lowest BCUT2D eigenvalue weighted by atomic mass is 10.0. The number of ether oxygens (including phenoxy) is 1. The summed E-state index contributed by atoms with van der Waals surface area (Å²) in [5.74, 6) is -0.512. The Hall–Kier alpha value is -2.44. The van der Waals surface area contributed by atoms with Crippen LogP contribution in [-0.4, -0.2) is 15.4 Å². The van der Waals surface area contributed by atoms with Crippen LogP contribution in [0.25, 0.3) is 11.0 Å². The SMILES string of the molecule is O=C(/C=C/c1ccccc1Cl)OCc1cc(=O)n2c3c(sc2n1)CCCC3. The first kappa shape index (κ1) is 17.9. The number of aryl methyl sites for hydroxylation is 2. The minimum atomic E-state index is -0.512. The second-order valence-electron chi connectivity index (χ2n) is 6.35. The monoisotopic (exact) mass is 400 g/mol. The molecule has 0 bridgehead atoms.